The van der Waals surface area contributed by atoms with Crippen LogP contribution in [0.5, 0.6) is 0 Å². The van der Waals surface area contributed by atoms with Crippen LogP contribution >= 0.6 is 12.2 Å². The van der Waals surface area contributed by atoms with E-state index in [-0.39, 0.29) is 10.8 Å². The van der Waals surface area contributed by atoms with Gasteiger partial charge in [0.2, 0.25) is 0 Å². The summed E-state index contributed by atoms with van der Waals surface area (Å²) in [5.74, 6) is -0.364. The molecule has 1 saturated heterocycles. The van der Waals surface area contributed by atoms with Gasteiger partial charge in [0.15, 0.2) is 0 Å². The molecule has 1 aromatic carbocycles. The Labute approximate surface area is 99.0 Å². The molecule has 16 heavy (non-hydrogen) atoms. The molecule has 0 saturated carbocycles. The van der Waals surface area contributed by atoms with E-state index in [2.05, 4.69) is 4.90 Å². The second kappa shape index (κ2) is 4.76. The largest absolute Gasteiger partial charge is 0.389 e. The van der Waals surface area contributed by atoms with Crippen molar-refractivity contribution in [3.05, 3.63) is 29.6 Å². The zero-order valence-electron chi connectivity index (χ0n) is 8.78. The van der Waals surface area contributed by atoms with E-state index < -0.39 is 0 Å². The van der Waals surface area contributed by atoms with Crippen LogP contribution in [0, 0.1) is 5.82 Å². The molecule has 0 unspecified atom stereocenters. The van der Waals surface area contributed by atoms with E-state index in [0.29, 0.717) is 18.8 Å². The molecule has 0 aliphatic carbocycles. The number of morpholine rings is 1. The minimum absolute atomic E-state index is 0.0889. The third-order valence-corrected chi connectivity index (χ3v) is 2.81. The van der Waals surface area contributed by atoms with Crippen LogP contribution in [0.2, 0.25) is 0 Å². The number of anilines is 1. The van der Waals surface area contributed by atoms with Crippen LogP contribution in [0.25, 0.3) is 0 Å². The highest BCUT2D eigenvalue weighted by Crippen LogP contribution is 2.19. The summed E-state index contributed by atoms with van der Waals surface area (Å²) < 4.78 is 18.9. The van der Waals surface area contributed by atoms with Crippen molar-refractivity contribution in [3.63, 3.8) is 0 Å². The lowest BCUT2D eigenvalue weighted by molar-refractivity contribution is 0.122. The number of benzene rings is 1. The molecule has 0 amide bonds. The molecule has 1 aliphatic rings. The summed E-state index contributed by atoms with van der Waals surface area (Å²) in [6, 6.07) is 4.94. The van der Waals surface area contributed by atoms with Gasteiger partial charge in [0.25, 0.3) is 0 Å². The predicted molar refractivity (Wildman–Crippen MR) is 65.3 cm³/mol. The molecule has 0 spiro atoms. The highest BCUT2D eigenvalue weighted by molar-refractivity contribution is 7.80. The van der Waals surface area contributed by atoms with Gasteiger partial charge >= 0.3 is 0 Å². The minimum Gasteiger partial charge on any atom is -0.389 e. The standard InChI is InChI=1S/C11H13FN2OS/c12-10-7-8(1-2-9(10)11(13)16)14-3-5-15-6-4-14/h1-2,7H,3-6H2,(H2,13,16). The summed E-state index contributed by atoms with van der Waals surface area (Å²) in [5.41, 5.74) is 6.55. The van der Waals surface area contributed by atoms with Gasteiger partial charge in [-0.3, -0.25) is 0 Å². The maximum Gasteiger partial charge on any atom is 0.135 e. The molecule has 0 aromatic heterocycles. The molecule has 2 rings (SSSR count). The van der Waals surface area contributed by atoms with Gasteiger partial charge in [0.05, 0.1) is 13.2 Å². The predicted octanol–water partition coefficient (Wildman–Crippen LogP) is 1.30. The Morgan fingerprint density at radius 1 is 1.38 bits per heavy atom. The lowest BCUT2D eigenvalue weighted by atomic mass is 10.1. The number of rotatable bonds is 2. The molecule has 0 radical (unpaired) electrons. The van der Waals surface area contributed by atoms with Crippen LogP contribution in [-0.2, 0) is 4.74 Å². The van der Waals surface area contributed by atoms with Gasteiger partial charge in [0.1, 0.15) is 10.8 Å². The van der Waals surface area contributed by atoms with Crippen molar-refractivity contribution < 1.29 is 9.13 Å². The van der Waals surface area contributed by atoms with Gasteiger partial charge < -0.3 is 15.4 Å². The van der Waals surface area contributed by atoms with Crippen molar-refractivity contribution >= 4 is 22.9 Å². The van der Waals surface area contributed by atoms with Crippen LogP contribution < -0.4 is 10.6 Å². The smallest absolute Gasteiger partial charge is 0.135 e. The third kappa shape index (κ3) is 2.31. The molecule has 2 N–H and O–H groups in total. The highest BCUT2D eigenvalue weighted by atomic mass is 32.1. The van der Waals surface area contributed by atoms with Crippen molar-refractivity contribution in [1.82, 2.24) is 0 Å². The molecule has 1 aliphatic heterocycles. The molecule has 0 atom stereocenters. The van der Waals surface area contributed by atoms with Gasteiger partial charge in [0, 0.05) is 24.3 Å². The molecule has 5 heteroatoms. The highest BCUT2D eigenvalue weighted by Gasteiger charge is 2.13. The zero-order valence-corrected chi connectivity index (χ0v) is 9.60. The first-order valence-corrected chi connectivity index (χ1v) is 5.51. The number of hydrogen-bond donors (Lipinski definition) is 1. The van der Waals surface area contributed by atoms with E-state index in [4.69, 9.17) is 22.7 Å². The summed E-state index contributed by atoms with van der Waals surface area (Å²) in [6.07, 6.45) is 0. The summed E-state index contributed by atoms with van der Waals surface area (Å²) in [5, 5.41) is 0. The number of nitrogens with zero attached hydrogens (tertiary/aromatic N) is 1. The van der Waals surface area contributed by atoms with Crippen LogP contribution in [0.1, 0.15) is 5.56 Å². The summed E-state index contributed by atoms with van der Waals surface area (Å²) in [4.78, 5) is 2.17. The Morgan fingerprint density at radius 3 is 2.62 bits per heavy atom. The number of hydrogen-bond acceptors (Lipinski definition) is 3. The number of ether oxygens (including phenoxy) is 1. The van der Waals surface area contributed by atoms with Crippen molar-refractivity contribution in [3.8, 4) is 0 Å². The van der Waals surface area contributed by atoms with Crippen LogP contribution in [0.4, 0.5) is 10.1 Å². The summed E-state index contributed by atoms with van der Waals surface area (Å²) in [6.45, 7) is 2.93. The van der Waals surface area contributed by atoms with Gasteiger partial charge in [-0.15, -0.1) is 0 Å². The van der Waals surface area contributed by atoms with E-state index in [9.17, 15) is 4.39 Å². The fourth-order valence-corrected chi connectivity index (χ4v) is 1.89. The maximum atomic E-state index is 13.6. The molecular weight excluding hydrogens is 227 g/mol. The first-order chi connectivity index (χ1) is 7.68. The lowest BCUT2D eigenvalue weighted by Gasteiger charge is -2.29. The first kappa shape index (κ1) is 11.3. The summed E-state index contributed by atoms with van der Waals surface area (Å²) >= 11 is 4.75. The molecule has 3 nitrogen and oxygen atoms in total. The van der Waals surface area contributed by atoms with Gasteiger partial charge in [-0.05, 0) is 18.2 Å². The van der Waals surface area contributed by atoms with Crippen molar-refractivity contribution in [1.29, 1.82) is 0 Å². The zero-order chi connectivity index (χ0) is 11.5. The molecule has 0 bridgehead atoms. The first-order valence-electron chi connectivity index (χ1n) is 5.10. The van der Waals surface area contributed by atoms with E-state index in [1.807, 2.05) is 6.07 Å². The molecule has 86 valence electrons. The number of halogens is 1. The minimum atomic E-state index is -0.364. The summed E-state index contributed by atoms with van der Waals surface area (Å²) in [7, 11) is 0. The topological polar surface area (TPSA) is 38.5 Å². The van der Waals surface area contributed by atoms with Crippen molar-refractivity contribution in [2.45, 2.75) is 0 Å². The van der Waals surface area contributed by atoms with Crippen LogP contribution in [0.3, 0.4) is 0 Å². The normalized spacial score (nSPS) is 16.2. The van der Waals surface area contributed by atoms with E-state index >= 15 is 0 Å². The Balaban J connectivity index is 2.23. The molecule has 1 heterocycles. The van der Waals surface area contributed by atoms with Gasteiger partial charge in [-0.2, -0.15) is 0 Å². The van der Waals surface area contributed by atoms with Crippen LogP contribution in [-0.4, -0.2) is 31.3 Å². The number of thiocarbonyl (C=S) groups is 1. The maximum absolute atomic E-state index is 13.6. The Bertz CT molecular complexity index is 405. The average Bonchev–Trinajstić information content (AvgIpc) is 2.29. The fourth-order valence-electron chi connectivity index (χ4n) is 1.72. The average molecular weight is 240 g/mol. The quantitative estimate of drug-likeness (QED) is 0.791. The lowest BCUT2D eigenvalue weighted by Crippen LogP contribution is -2.36. The van der Waals surface area contributed by atoms with E-state index in [1.54, 1.807) is 6.07 Å². The van der Waals surface area contributed by atoms with Gasteiger partial charge in [-0.25, -0.2) is 4.39 Å². The second-order valence-corrected chi connectivity index (χ2v) is 4.07. The molecule has 1 aromatic rings. The van der Waals surface area contributed by atoms with Crippen molar-refractivity contribution in [2.75, 3.05) is 31.2 Å². The Morgan fingerprint density at radius 2 is 2.06 bits per heavy atom. The van der Waals surface area contributed by atoms with E-state index in [0.717, 1.165) is 18.8 Å². The third-order valence-electron chi connectivity index (χ3n) is 2.59. The molecular formula is C11H13FN2OS. The van der Waals surface area contributed by atoms with Crippen LogP contribution in [0.15, 0.2) is 18.2 Å². The second-order valence-electron chi connectivity index (χ2n) is 3.63. The monoisotopic (exact) mass is 240 g/mol. The Hall–Kier alpha value is -1.20. The van der Waals surface area contributed by atoms with Gasteiger partial charge in [-0.1, -0.05) is 12.2 Å². The molecule has 1 fully saturated rings. The van der Waals surface area contributed by atoms with E-state index in [1.165, 1.54) is 6.07 Å². The SMILES string of the molecule is NC(=S)c1ccc(N2CCOCC2)cc1F. The Kier molecular flexibility index (Phi) is 3.36. The van der Waals surface area contributed by atoms with Crippen molar-refractivity contribution in [2.24, 2.45) is 5.73 Å². The fraction of sp³-hybridized carbons (Fsp3) is 0.364. The number of nitrogens with two attached hydrogens (primary N) is 1.